The molecular formula is C19H15BrN6O5. The van der Waals surface area contributed by atoms with Gasteiger partial charge < -0.3 is 0 Å². The molecule has 1 aromatic heterocycles. The summed E-state index contributed by atoms with van der Waals surface area (Å²) < 4.78 is 2.16. The molecule has 3 aromatic rings. The number of nitrogens with zero attached hydrogens (tertiary/aromatic N) is 5. The van der Waals surface area contributed by atoms with Crippen molar-refractivity contribution in [3.63, 3.8) is 0 Å². The van der Waals surface area contributed by atoms with Crippen molar-refractivity contribution in [2.24, 2.45) is 5.10 Å². The van der Waals surface area contributed by atoms with Gasteiger partial charge in [0.15, 0.2) is 0 Å². The Morgan fingerprint density at radius 3 is 2.48 bits per heavy atom. The quantitative estimate of drug-likeness (QED) is 0.306. The highest BCUT2D eigenvalue weighted by Gasteiger charge is 2.25. The second kappa shape index (κ2) is 9.26. The number of carbonyl (C=O) groups is 1. The van der Waals surface area contributed by atoms with Crippen LogP contribution in [0.3, 0.4) is 0 Å². The fourth-order valence-electron chi connectivity index (χ4n) is 2.69. The van der Waals surface area contributed by atoms with Gasteiger partial charge in [0.25, 0.3) is 11.6 Å². The molecule has 12 heteroatoms. The predicted molar refractivity (Wildman–Crippen MR) is 115 cm³/mol. The lowest BCUT2D eigenvalue weighted by Crippen LogP contribution is -2.21. The van der Waals surface area contributed by atoms with E-state index in [-0.39, 0.29) is 17.9 Å². The van der Waals surface area contributed by atoms with E-state index in [2.05, 4.69) is 31.6 Å². The molecule has 3 rings (SSSR count). The normalized spacial score (nSPS) is 11.2. The molecular weight excluding hydrogens is 472 g/mol. The number of nitro benzene ring substituents is 1. The maximum atomic E-state index is 12.5. The topological polar surface area (TPSA) is 146 Å². The summed E-state index contributed by atoms with van der Waals surface area (Å²) in [6.45, 7) is 1.82. The van der Waals surface area contributed by atoms with Gasteiger partial charge in [-0.25, -0.2) is 5.43 Å². The van der Waals surface area contributed by atoms with Crippen molar-refractivity contribution in [1.82, 2.24) is 15.2 Å². The average Bonchev–Trinajstić information content (AvgIpc) is 3.16. The number of non-ortho nitro benzene ring substituents is 1. The number of hydrazone groups is 1. The number of benzene rings is 2. The van der Waals surface area contributed by atoms with E-state index in [4.69, 9.17) is 0 Å². The Balaban J connectivity index is 1.78. The Morgan fingerprint density at radius 2 is 1.87 bits per heavy atom. The van der Waals surface area contributed by atoms with Crippen LogP contribution in [0.4, 0.5) is 11.4 Å². The summed E-state index contributed by atoms with van der Waals surface area (Å²) in [7, 11) is 0. The lowest BCUT2D eigenvalue weighted by Gasteiger charge is -2.02. The highest BCUT2D eigenvalue weighted by molar-refractivity contribution is 9.10. The van der Waals surface area contributed by atoms with Crippen molar-refractivity contribution < 1.29 is 14.6 Å². The Kier molecular flexibility index (Phi) is 6.50. The van der Waals surface area contributed by atoms with Crippen LogP contribution in [0.2, 0.25) is 0 Å². The third-order valence-corrected chi connectivity index (χ3v) is 4.70. The second-order valence-electron chi connectivity index (χ2n) is 6.39. The number of amides is 1. The zero-order valence-corrected chi connectivity index (χ0v) is 17.6. The molecule has 0 aliphatic rings. The van der Waals surface area contributed by atoms with Gasteiger partial charge in [0.05, 0.1) is 22.1 Å². The average molecular weight is 487 g/mol. The van der Waals surface area contributed by atoms with Gasteiger partial charge in [-0.15, -0.1) is 0 Å². The summed E-state index contributed by atoms with van der Waals surface area (Å²) in [5, 5.41) is 30.1. The van der Waals surface area contributed by atoms with Crippen molar-refractivity contribution in [2.75, 3.05) is 0 Å². The first-order chi connectivity index (χ1) is 14.7. The molecule has 1 heterocycles. The van der Waals surface area contributed by atoms with Gasteiger partial charge in [0.2, 0.25) is 5.69 Å². The molecule has 0 radical (unpaired) electrons. The molecule has 0 saturated carbocycles. The largest absolute Gasteiger partial charge is 0.320 e. The van der Waals surface area contributed by atoms with Crippen LogP contribution in [-0.2, 0) is 6.54 Å². The fourth-order valence-corrected chi connectivity index (χ4v) is 3.13. The molecule has 0 spiro atoms. The van der Waals surface area contributed by atoms with E-state index in [1.165, 1.54) is 35.1 Å². The van der Waals surface area contributed by atoms with Gasteiger partial charge in [0, 0.05) is 16.6 Å². The van der Waals surface area contributed by atoms with Crippen LogP contribution >= 0.6 is 15.9 Å². The number of hydrogen-bond acceptors (Lipinski definition) is 7. The molecule has 1 amide bonds. The van der Waals surface area contributed by atoms with E-state index in [9.17, 15) is 25.0 Å². The first-order valence-corrected chi connectivity index (χ1v) is 9.59. The van der Waals surface area contributed by atoms with Crippen LogP contribution in [0.25, 0.3) is 0 Å². The van der Waals surface area contributed by atoms with Crippen LogP contribution in [0.1, 0.15) is 28.5 Å². The van der Waals surface area contributed by atoms with Gasteiger partial charge in [-0.3, -0.25) is 29.7 Å². The smallest absolute Gasteiger partial charge is 0.265 e. The van der Waals surface area contributed by atoms with Crippen molar-refractivity contribution in [3.8, 4) is 0 Å². The molecule has 0 aliphatic heterocycles. The number of hydrogen-bond donors (Lipinski definition) is 1. The number of nitrogens with one attached hydrogen (secondary N) is 1. The predicted octanol–water partition coefficient (Wildman–Crippen LogP) is 3.66. The fraction of sp³-hybridized carbons (Fsp3) is 0.105. The standard InChI is InChI=1S/C19H15BrN6O5/c1-12(14-5-7-16(8-6-14)25(28)29)21-22-19(27)18-17(26(30)31)11-24(23-18)10-13-3-2-4-15(20)9-13/h2-9,11H,10H2,1H3,(H,22,27)/b21-12-. The van der Waals surface area contributed by atoms with E-state index in [0.29, 0.717) is 11.3 Å². The molecule has 0 fully saturated rings. The van der Waals surface area contributed by atoms with Gasteiger partial charge in [-0.1, -0.05) is 28.1 Å². The molecule has 2 aromatic carbocycles. The second-order valence-corrected chi connectivity index (χ2v) is 7.31. The highest BCUT2D eigenvalue weighted by Crippen LogP contribution is 2.19. The van der Waals surface area contributed by atoms with E-state index >= 15 is 0 Å². The molecule has 0 unspecified atom stereocenters. The molecule has 11 nitrogen and oxygen atoms in total. The van der Waals surface area contributed by atoms with Crippen LogP contribution in [-0.4, -0.2) is 31.2 Å². The van der Waals surface area contributed by atoms with E-state index in [1.807, 2.05) is 24.3 Å². The third-order valence-electron chi connectivity index (χ3n) is 4.21. The number of rotatable bonds is 7. The zero-order valence-electron chi connectivity index (χ0n) is 16.1. The monoisotopic (exact) mass is 486 g/mol. The van der Waals surface area contributed by atoms with Crippen molar-refractivity contribution >= 4 is 38.9 Å². The summed E-state index contributed by atoms with van der Waals surface area (Å²) in [6, 6.07) is 12.9. The molecule has 0 bridgehead atoms. The van der Waals surface area contributed by atoms with Crippen molar-refractivity contribution in [2.45, 2.75) is 13.5 Å². The molecule has 0 atom stereocenters. The van der Waals surface area contributed by atoms with Crippen LogP contribution < -0.4 is 5.43 Å². The van der Waals surface area contributed by atoms with Crippen molar-refractivity contribution in [1.29, 1.82) is 0 Å². The Hall–Kier alpha value is -3.93. The van der Waals surface area contributed by atoms with Crippen LogP contribution in [0, 0.1) is 20.2 Å². The summed E-state index contributed by atoms with van der Waals surface area (Å²) in [6.07, 6.45) is 1.18. The summed E-state index contributed by atoms with van der Waals surface area (Å²) in [5.74, 6) is -0.846. The maximum Gasteiger partial charge on any atom is 0.320 e. The van der Waals surface area contributed by atoms with Crippen LogP contribution in [0.5, 0.6) is 0 Å². The minimum atomic E-state index is -0.846. The Bertz CT molecular complexity index is 1190. The van der Waals surface area contributed by atoms with Crippen molar-refractivity contribution in [3.05, 3.63) is 96.2 Å². The van der Waals surface area contributed by atoms with Gasteiger partial charge in [-0.2, -0.15) is 10.2 Å². The van der Waals surface area contributed by atoms with E-state index in [1.54, 1.807) is 6.92 Å². The first-order valence-electron chi connectivity index (χ1n) is 8.80. The van der Waals surface area contributed by atoms with E-state index < -0.39 is 21.4 Å². The third kappa shape index (κ3) is 5.36. The molecule has 0 aliphatic carbocycles. The summed E-state index contributed by atoms with van der Waals surface area (Å²) in [4.78, 5) is 33.4. The van der Waals surface area contributed by atoms with Crippen LogP contribution in [0.15, 0.2) is 64.3 Å². The SMILES string of the molecule is C/C(=N/NC(=O)c1nn(Cc2cccc(Br)c2)cc1[N+](=O)[O-])c1ccc([N+](=O)[O-])cc1. The van der Waals surface area contributed by atoms with Gasteiger partial charge in [0.1, 0.15) is 6.20 Å². The number of carbonyl (C=O) groups excluding carboxylic acids is 1. The molecule has 1 N–H and O–H groups in total. The lowest BCUT2D eigenvalue weighted by molar-refractivity contribution is -0.385. The number of halogens is 1. The maximum absolute atomic E-state index is 12.5. The van der Waals surface area contributed by atoms with Gasteiger partial charge in [-0.05, 0) is 42.3 Å². The van der Waals surface area contributed by atoms with E-state index in [0.717, 1.165) is 10.0 Å². The Labute approximate surface area is 183 Å². The summed E-state index contributed by atoms with van der Waals surface area (Å²) in [5.41, 5.74) is 3.09. The Morgan fingerprint density at radius 1 is 1.16 bits per heavy atom. The molecule has 158 valence electrons. The number of nitro groups is 2. The first kappa shape index (κ1) is 21.8. The zero-order chi connectivity index (χ0) is 22.5. The minimum Gasteiger partial charge on any atom is -0.265 e. The lowest BCUT2D eigenvalue weighted by atomic mass is 10.1. The molecule has 31 heavy (non-hydrogen) atoms. The number of aromatic nitrogens is 2. The summed E-state index contributed by atoms with van der Waals surface area (Å²) >= 11 is 3.36. The minimum absolute atomic E-state index is 0.0767. The molecule has 0 saturated heterocycles. The highest BCUT2D eigenvalue weighted by atomic mass is 79.9. The van der Waals surface area contributed by atoms with Gasteiger partial charge >= 0.3 is 5.69 Å².